The van der Waals surface area contributed by atoms with E-state index in [-0.39, 0.29) is 0 Å². The van der Waals surface area contributed by atoms with Gasteiger partial charge in [0.15, 0.2) is 0 Å². The van der Waals surface area contributed by atoms with Crippen LogP contribution in [-0.2, 0) is 4.79 Å². The number of nitrogens with one attached hydrogen (secondary N) is 3. The number of primary amides is 1. The maximum atomic E-state index is 14.2. The van der Waals surface area contributed by atoms with Crippen molar-refractivity contribution in [3.8, 4) is 0 Å². The summed E-state index contributed by atoms with van der Waals surface area (Å²) in [4.78, 5) is 33.1. The van der Waals surface area contributed by atoms with Gasteiger partial charge in [-0.2, -0.15) is 57.1 Å². The van der Waals surface area contributed by atoms with Crippen LogP contribution >= 0.6 is 0 Å². The highest BCUT2D eigenvalue weighted by molar-refractivity contribution is 6.09. The van der Waals surface area contributed by atoms with Gasteiger partial charge in [-0.3, -0.25) is 10.1 Å². The molecule has 1 fully saturated rings. The standard InChI is InChI=1S/C10H5F13N4O3/c11-5(12,4(26-2(24)29)1(28)25-3(30)27-4)6(13,14)7(15,16)8(17,18)9(19,20)10(21,22)23/h(H3,24,26,29)(H2,25,27,28,30). The average Bonchev–Trinajstić information content (AvgIpc) is 2.79. The number of carbonyl (C=O) groups excluding carboxylic acids is 3. The number of hydrogen-bond donors (Lipinski definition) is 4. The number of nitrogens with two attached hydrogens (primary N) is 1. The van der Waals surface area contributed by atoms with Crippen LogP contribution in [0.15, 0.2) is 0 Å². The van der Waals surface area contributed by atoms with Crippen LogP contribution in [0.3, 0.4) is 0 Å². The van der Waals surface area contributed by atoms with E-state index in [2.05, 4.69) is 5.73 Å². The highest BCUT2D eigenvalue weighted by Crippen LogP contribution is 2.61. The molecule has 30 heavy (non-hydrogen) atoms. The minimum absolute atomic E-state index is 0.351. The Morgan fingerprint density at radius 1 is 0.767 bits per heavy atom. The third-order valence-corrected chi connectivity index (χ3v) is 3.58. The summed E-state index contributed by atoms with van der Waals surface area (Å²) < 4.78 is 171. The summed E-state index contributed by atoms with van der Waals surface area (Å²) in [5.41, 5.74) is -0.829. The Labute approximate surface area is 154 Å². The lowest BCUT2D eigenvalue weighted by Gasteiger charge is -2.43. The van der Waals surface area contributed by atoms with E-state index in [1.165, 1.54) is 0 Å². The van der Waals surface area contributed by atoms with Crippen molar-refractivity contribution in [3.05, 3.63) is 0 Å². The third-order valence-electron chi connectivity index (χ3n) is 3.58. The second-order valence-electron chi connectivity index (χ2n) is 5.52. The van der Waals surface area contributed by atoms with Gasteiger partial charge in [0.1, 0.15) is 0 Å². The summed E-state index contributed by atoms with van der Waals surface area (Å²) in [6.45, 7) is 0. The summed E-state index contributed by atoms with van der Waals surface area (Å²) in [5.74, 6) is -42.4. The fraction of sp³-hybridized carbons (Fsp3) is 0.700. The van der Waals surface area contributed by atoms with Crippen molar-refractivity contribution < 1.29 is 71.5 Å². The average molecular weight is 476 g/mol. The fourth-order valence-corrected chi connectivity index (χ4v) is 2.03. The van der Waals surface area contributed by atoms with E-state index in [1.54, 1.807) is 0 Å². The Morgan fingerprint density at radius 3 is 1.47 bits per heavy atom. The van der Waals surface area contributed by atoms with Crippen LogP contribution in [0.5, 0.6) is 0 Å². The molecule has 5 amide bonds. The summed E-state index contributed by atoms with van der Waals surface area (Å²) in [6, 6.07) is -4.67. The Kier molecular flexibility index (Phi) is 5.40. The highest BCUT2D eigenvalue weighted by atomic mass is 19.4. The zero-order valence-electron chi connectivity index (χ0n) is 13.2. The van der Waals surface area contributed by atoms with Crippen LogP contribution in [0.25, 0.3) is 0 Å². The molecule has 1 unspecified atom stereocenters. The van der Waals surface area contributed by atoms with Gasteiger partial charge in [-0.25, -0.2) is 9.59 Å². The van der Waals surface area contributed by atoms with Crippen molar-refractivity contribution in [2.75, 3.05) is 0 Å². The number of amides is 5. The number of halogens is 13. The summed E-state index contributed by atoms with van der Waals surface area (Å²) >= 11 is 0. The van der Waals surface area contributed by atoms with Crippen molar-refractivity contribution >= 4 is 18.0 Å². The number of alkyl halides is 13. The third kappa shape index (κ3) is 2.94. The van der Waals surface area contributed by atoms with E-state index in [0.717, 1.165) is 0 Å². The van der Waals surface area contributed by atoms with Crippen LogP contribution < -0.4 is 21.7 Å². The molecule has 0 saturated carbocycles. The van der Waals surface area contributed by atoms with Gasteiger partial charge in [-0.15, -0.1) is 0 Å². The molecular formula is C10H5F13N4O3. The maximum absolute atomic E-state index is 14.2. The predicted octanol–water partition coefficient (Wildman–Crippen LogP) is 1.93. The zero-order chi connectivity index (χ0) is 24.4. The van der Waals surface area contributed by atoms with Gasteiger partial charge >= 0.3 is 47.9 Å². The monoisotopic (exact) mass is 476 g/mol. The van der Waals surface area contributed by atoms with Gasteiger partial charge in [0.05, 0.1) is 0 Å². The lowest BCUT2D eigenvalue weighted by molar-refractivity contribution is -0.443. The fourth-order valence-electron chi connectivity index (χ4n) is 2.03. The summed E-state index contributed by atoms with van der Waals surface area (Å²) in [6.07, 6.45) is -7.63. The Hall–Kier alpha value is -2.70. The second-order valence-corrected chi connectivity index (χ2v) is 5.52. The van der Waals surface area contributed by atoms with Gasteiger partial charge in [-0.1, -0.05) is 0 Å². The zero-order valence-corrected chi connectivity index (χ0v) is 13.2. The molecule has 1 heterocycles. The first-order valence-electron chi connectivity index (χ1n) is 6.61. The molecule has 1 saturated heterocycles. The SMILES string of the molecule is NC(=O)NC1(C(F)(F)C(F)(F)C(F)(F)C(F)(F)C(F)(F)C(F)(F)F)NC(=O)NC1=O. The van der Waals surface area contributed by atoms with Crippen LogP contribution in [-0.4, -0.2) is 59.4 Å². The number of urea groups is 2. The molecule has 5 N–H and O–H groups in total. The van der Waals surface area contributed by atoms with E-state index >= 15 is 0 Å². The van der Waals surface area contributed by atoms with Gasteiger partial charge in [0.2, 0.25) is 0 Å². The van der Waals surface area contributed by atoms with Crippen LogP contribution in [0.1, 0.15) is 0 Å². The molecule has 0 spiro atoms. The predicted molar refractivity (Wildman–Crippen MR) is 62.9 cm³/mol. The first kappa shape index (κ1) is 25.3. The molecule has 7 nitrogen and oxygen atoms in total. The molecule has 20 heteroatoms. The normalized spacial score (nSPS) is 21.9. The molecule has 0 radical (unpaired) electrons. The molecule has 1 rings (SSSR count). The number of rotatable bonds is 6. The largest absolute Gasteiger partial charge is 0.460 e. The number of carbonyl (C=O) groups is 3. The van der Waals surface area contributed by atoms with E-state index in [1.807, 2.05) is 0 Å². The second kappa shape index (κ2) is 6.40. The van der Waals surface area contributed by atoms with Gasteiger partial charge in [0, 0.05) is 0 Å². The molecule has 1 aliphatic heterocycles. The topological polar surface area (TPSA) is 113 Å². The van der Waals surface area contributed by atoms with Crippen LogP contribution in [0.4, 0.5) is 66.7 Å². The molecule has 0 aromatic rings. The molecule has 1 atom stereocenters. The minimum Gasteiger partial charge on any atom is -0.352 e. The van der Waals surface area contributed by atoms with Crippen molar-refractivity contribution in [2.24, 2.45) is 5.73 Å². The number of hydrogen-bond acceptors (Lipinski definition) is 3. The molecule has 0 aliphatic carbocycles. The Morgan fingerprint density at radius 2 is 1.17 bits per heavy atom. The molecule has 0 aromatic carbocycles. The van der Waals surface area contributed by atoms with E-state index in [9.17, 15) is 71.5 Å². The van der Waals surface area contributed by atoms with Gasteiger partial charge in [-0.05, 0) is 0 Å². The van der Waals surface area contributed by atoms with Crippen molar-refractivity contribution in [1.29, 1.82) is 0 Å². The van der Waals surface area contributed by atoms with E-state index in [4.69, 9.17) is 0 Å². The van der Waals surface area contributed by atoms with E-state index in [0.29, 0.717) is 16.0 Å². The molecule has 1 aliphatic rings. The van der Waals surface area contributed by atoms with Crippen molar-refractivity contribution in [3.63, 3.8) is 0 Å². The smallest absolute Gasteiger partial charge is 0.352 e. The molecule has 0 aromatic heterocycles. The summed E-state index contributed by atoms with van der Waals surface area (Å²) in [7, 11) is 0. The first-order valence-corrected chi connectivity index (χ1v) is 6.61. The lowest BCUT2D eigenvalue weighted by atomic mass is 9.87. The maximum Gasteiger partial charge on any atom is 0.460 e. The van der Waals surface area contributed by atoms with Crippen LogP contribution in [0, 0.1) is 0 Å². The first-order chi connectivity index (χ1) is 12.9. The van der Waals surface area contributed by atoms with Crippen molar-refractivity contribution in [2.45, 2.75) is 41.5 Å². The Bertz CT molecular complexity index is 765. The lowest BCUT2D eigenvalue weighted by Crippen LogP contribution is -2.81. The van der Waals surface area contributed by atoms with Gasteiger partial charge in [0.25, 0.3) is 11.6 Å². The molecule has 174 valence electrons. The summed E-state index contributed by atoms with van der Waals surface area (Å²) in [5, 5.41) is 1.51. The highest BCUT2D eigenvalue weighted by Gasteiger charge is 2.93. The quantitative estimate of drug-likeness (QED) is 0.347. The van der Waals surface area contributed by atoms with Crippen molar-refractivity contribution in [1.82, 2.24) is 16.0 Å². The van der Waals surface area contributed by atoms with E-state index < -0.39 is 59.4 Å². The van der Waals surface area contributed by atoms with Crippen LogP contribution in [0.2, 0.25) is 0 Å². The van der Waals surface area contributed by atoms with Gasteiger partial charge < -0.3 is 16.4 Å². The molecular weight excluding hydrogens is 471 g/mol. The Balaban J connectivity index is 3.75. The number of imide groups is 1. The molecule has 0 bridgehead atoms. The minimum atomic E-state index is -8.25.